The van der Waals surface area contributed by atoms with Crippen LogP contribution in [0.15, 0.2) is 0 Å². The van der Waals surface area contributed by atoms with E-state index in [1.165, 1.54) is 0 Å². The van der Waals surface area contributed by atoms with E-state index < -0.39 is 18.6 Å². The maximum atomic E-state index is 12.8. The van der Waals surface area contributed by atoms with E-state index in [1.54, 1.807) is 0 Å². The Kier molecular flexibility index (Phi) is 4.59. The first kappa shape index (κ1) is 19.5. The third-order valence-electron chi connectivity index (χ3n) is 9.10. The van der Waals surface area contributed by atoms with Gasteiger partial charge >= 0.3 is 6.36 Å². The molecule has 4 rings (SSSR count). The van der Waals surface area contributed by atoms with Crippen molar-refractivity contribution in [2.75, 3.05) is 0 Å². The van der Waals surface area contributed by atoms with Crippen LogP contribution in [0.1, 0.15) is 65.2 Å². The number of nitrogens with zero attached hydrogens (tertiary/aromatic N) is 1. The van der Waals surface area contributed by atoms with Crippen molar-refractivity contribution in [2.24, 2.45) is 40.4 Å². The number of hydrogen-bond acceptors (Lipinski definition) is 3. The second kappa shape index (κ2) is 6.35. The molecule has 0 saturated heterocycles. The van der Waals surface area contributed by atoms with Gasteiger partial charge in [0.1, 0.15) is 0 Å². The van der Waals surface area contributed by atoms with Crippen LogP contribution >= 0.6 is 0 Å². The summed E-state index contributed by atoms with van der Waals surface area (Å²) in [5, 5.41) is 19.9. The molecule has 4 aliphatic carbocycles. The minimum atomic E-state index is -4.71. The first-order valence-electron chi connectivity index (χ1n) is 10.4. The van der Waals surface area contributed by atoms with Crippen molar-refractivity contribution in [2.45, 2.75) is 83.8 Å². The first-order valence-corrected chi connectivity index (χ1v) is 10.4. The Balaban J connectivity index is 1.59. The molecule has 0 spiro atoms. The predicted molar refractivity (Wildman–Crippen MR) is 93.1 cm³/mol. The van der Waals surface area contributed by atoms with Gasteiger partial charge in [0.15, 0.2) is 0 Å². The fourth-order valence-electron chi connectivity index (χ4n) is 7.76. The maximum absolute atomic E-state index is 12.8. The Bertz CT molecular complexity index is 632. The van der Waals surface area contributed by atoms with Crippen LogP contribution in [0.25, 0.3) is 0 Å². The van der Waals surface area contributed by atoms with E-state index in [-0.39, 0.29) is 29.1 Å². The Morgan fingerprint density at radius 2 is 1.74 bits per heavy atom. The minimum Gasteiger partial charge on any atom is -0.390 e. The second-order valence-electron chi connectivity index (χ2n) is 10.1. The summed E-state index contributed by atoms with van der Waals surface area (Å²) < 4.78 is 42.9. The molecular weight excluding hydrogens is 355 g/mol. The van der Waals surface area contributed by atoms with Crippen LogP contribution in [0, 0.1) is 51.8 Å². The molecule has 27 heavy (non-hydrogen) atoms. The van der Waals surface area contributed by atoms with Crippen molar-refractivity contribution in [1.82, 2.24) is 0 Å². The number of aliphatic hydroxyl groups is 1. The monoisotopic (exact) mass is 385 g/mol. The highest BCUT2D eigenvalue weighted by Crippen LogP contribution is 2.67. The van der Waals surface area contributed by atoms with E-state index in [1.807, 2.05) is 0 Å². The van der Waals surface area contributed by atoms with Gasteiger partial charge in [-0.05, 0) is 85.9 Å². The summed E-state index contributed by atoms with van der Waals surface area (Å²) >= 11 is 0. The Morgan fingerprint density at radius 1 is 1.04 bits per heavy atom. The molecule has 4 fully saturated rings. The summed E-state index contributed by atoms with van der Waals surface area (Å²) in [6.45, 7) is 4.41. The van der Waals surface area contributed by atoms with Gasteiger partial charge in [0, 0.05) is 0 Å². The Morgan fingerprint density at radius 3 is 2.41 bits per heavy atom. The highest BCUT2D eigenvalue weighted by Gasteiger charge is 2.61. The lowest BCUT2D eigenvalue weighted by molar-refractivity contribution is -0.361. The van der Waals surface area contributed by atoms with Crippen LogP contribution in [0.2, 0.25) is 0 Å². The third-order valence-corrected chi connectivity index (χ3v) is 9.10. The number of alkyl halides is 3. The molecule has 0 heterocycles. The Hall–Kier alpha value is -0.800. The molecule has 6 heteroatoms. The lowest BCUT2D eigenvalue weighted by atomic mass is 9.44. The minimum absolute atomic E-state index is 0.0646. The van der Waals surface area contributed by atoms with E-state index in [4.69, 9.17) is 0 Å². The second-order valence-corrected chi connectivity index (χ2v) is 10.1. The number of aliphatic hydroxyl groups excluding tert-OH is 1. The molecule has 1 unspecified atom stereocenters. The number of nitriles is 1. The molecule has 0 aromatic rings. The van der Waals surface area contributed by atoms with E-state index in [0.717, 1.165) is 38.5 Å². The predicted octanol–water partition coefficient (Wildman–Crippen LogP) is 5.04. The number of hydrogen-bond donors (Lipinski definition) is 1. The zero-order valence-electron chi connectivity index (χ0n) is 16.1. The number of halogens is 3. The molecule has 9 atom stereocenters. The fraction of sp³-hybridized carbons (Fsp3) is 0.952. The zero-order chi connectivity index (χ0) is 19.6. The molecule has 152 valence electrons. The van der Waals surface area contributed by atoms with Gasteiger partial charge in [-0.2, -0.15) is 5.26 Å². The number of ether oxygens (including phenoxy) is 1. The molecule has 0 radical (unpaired) electrons. The van der Waals surface area contributed by atoms with Gasteiger partial charge in [-0.25, -0.2) is 0 Å². The first-order chi connectivity index (χ1) is 12.6. The Labute approximate surface area is 159 Å². The zero-order valence-corrected chi connectivity index (χ0v) is 16.1. The van der Waals surface area contributed by atoms with Crippen LogP contribution in [0.3, 0.4) is 0 Å². The standard InChI is InChI=1S/C21H30F3NO2/c1-19-8-7-16-14(15(19)6-4-13(19)11-25)5-3-12-9-17(26)18(10-20(12,16)2)27-21(22,23)24/h12-18,26H,3-10H2,1-2H3/t12-,13+,14-,15-,16?,17-,18-,19+,20-/m0/s1. The van der Waals surface area contributed by atoms with E-state index in [0.29, 0.717) is 24.2 Å². The maximum Gasteiger partial charge on any atom is 0.522 e. The summed E-state index contributed by atoms with van der Waals surface area (Å²) in [5.74, 6) is 1.75. The summed E-state index contributed by atoms with van der Waals surface area (Å²) in [6.07, 6.45) is -0.157. The lowest BCUT2D eigenvalue weighted by Crippen LogP contribution is -2.57. The molecule has 0 aromatic heterocycles. The highest BCUT2D eigenvalue weighted by molar-refractivity contribution is 5.13. The van der Waals surface area contributed by atoms with Crippen molar-refractivity contribution >= 4 is 0 Å². The summed E-state index contributed by atoms with van der Waals surface area (Å²) in [5.41, 5.74) is -0.153. The van der Waals surface area contributed by atoms with Crippen LogP contribution in [0.5, 0.6) is 0 Å². The normalized spacial score (nSPS) is 52.4. The van der Waals surface area contributed by atoms with Crippen molar-refractivity contribution in [3.05, 3.63) is 0 Å². The van der Waals surface area contributed by atoms with Crippen molar-refractivity contribution < 1.29 is 23.0 Å². The lowest BCUT2D eigenvalue weighted by Gasteiger charge is -2.61. The highest BCUT2D eigenvalue weighted by atomic mass is 19.4. The molecular formula is C21H30F3NO2. The molecule has 4 aliphatic rings. The average molecular weight is 385 g/mol. The number of rotatable bonds is 1. The molecule has 0 amide bonds. The van der Waals surface area contributed by atoms with Crippen LogP contribution in [0.4, 0.5) is 13.2 Å². The van der Waals surface area contributed by atoms with Crippen molar-refractivity contribution in [3.63, 3.8) is 0 Å². The summed E-state index contributed by atoms with van der Waals surface area (Å²) in [6, 6.07) is 2.53. The van der Waals surface area contributed by atoms with E-state index >= 15 is 0 Å². The summed E-state index contributed by atoms with van der Waals surface area (Å²) in [7, 11) is 0. The van der Waals surface area contributed by atoms with Gasteiger partial charge in [0.25, 0.3) is 0 Å². The quantitative estimate of drug-likeness (QED) is 0.688. The summed E-state index contributed by atoms with van der Waals surface area (Å²) in [4.78, 5) is 0. The van der Waals surface area contributed by atoms with Crippen LogP contribution in [-0.4, -0.2) is 23.7 Å². The molecule has 0 aromatic carbocycles. The molecule has 0 aliphatic heterocycles. The van der Waals surface area contributed by atoms with Crippen molar-refractivity contribution in [1.29, 1.82) is 5.26 Å². The van der Waals surface area contributed by atoms with E-state index in [9.17, 15) is 23.5 Å². The van der Waals surface area contributed by atoms with Gasteiger partial charge in [-0.1, -0.05) is 13.8 Å². The van der Waals surface area contributed by atoms with Gasteiger partial charge < -0.3 is 5.11 Å². The topological polar surface area (TPSA) is 53.2 Å². The molecule has 0 bridgehead atoms. The van der Waals surface area contributed by atoms with Crippen LogP contribution < -0.4 is 0 Å². The third kappa shape index (κ3) is 3.00. The van der Waals surface area contributed by atoms with Gasteiger partial charge in [0.2, 0.25) is 0 Å². The average Bonchev–Trinajstić information content (AvgIpc) is 2.91. The smallest absolute Gasteiger partial charge is 0.390 e. The van der Waals surface area contributed by atoms with E-state index in [2.05, 4.69) is 24.7 Å². The molecule has 1 N–H and O–H groups in total. The van der Waals surface area contributed by atoms with Gasteiger partial charge in [-0.3, -0.25) is 4.74 Å². The van der Waals surface area contributed by atoms with Gasteiger partial charge in [0.05, 0.1) is 24.2 Å². The fourth-order valence-corrected chi connectivity index (χ4v) is 7.76. The van der Waals surface area contributed by atoms with Crippen molar-refractivity contribution in [3.8, 4) is 6.07 Å². The largest absolute Gasteiger partial charge is 0.522 e. The van der Waals surface area contributed by atoms with Gasteiger partial charge in [-0.15, -0.1) is 13.2 Å². The molecule has 4 saturated carbocycles. The SMILES string of the molecule is C[C@]12CCC3[C@@H](CC[C@H]4C[C@H](O)[C@@H](OC(F)(F)F)C[C@]34C)[C@@H]1CC[C@@H]2C#N. The number of fused-ring (bicyclic) bond motifs is 5. The van der Waals surface area contributed by atoms with Crippen LogP contribution in [-0.2, 0) is 4.74 Å². The molecule has 3 nitrogen and oxygen atoms in total.